The number of thiocarbonyl (C=S) groups is 1. The van der Waals surface area contributed by atoms with Crippen molar-refractivity contribution in [1.29, 1.82) is 0 Å². The molecule has 0 saturated heterocycles. The average Bonchev–Trinajstić information content (AvgIpc) is 2.42. The summed E-state index contributed by atoms with van der Waals surface area (Å²) in [5.41, 5.74) is 3.01. The van der Waals surface area contributed by atoms with Crippen molar-refractivity contribution >= 4 is 56.2 Å². The van der Waals surface area contributed by atoms with Gasteiger partial charge < -0.3 is 10.6 Å². The predicted molar refractivity (Wildman–Crippen MR) is 94.8 cm³/mol. The van der Waals surface area contributed by atoms with Crippen LogP contribution in [0, 0.1) is 0 Å². The zero-order chi connectivity index (χ0) is 14.5. The lowest BCUT2D eigenvalue weighted by Crippen LogP contribution is -2.19. The van der Waals surface area contributed by atoms with Crippen molar-refractivity contribution in [3.8, 4) is 0 Å². The zero-order valence-electron chi connectivity index (χ0n) is 10.9. The lowest BCUT2D eigenvalue weighted by Gasteiger charge is -2.12. The van der Waals surface area contributed by atoms with Gasteiger partial charge in [-0.15, -0.1) is 0 Å². The minimum atomic E-state index is 0.516. The molecule has 2 N–H and O–H groups in total. The molecule has 0 bridgehead atoms. The Kier molecular flexibility index (Phi) is 5.40. The van der Waals surface area contributed by atoms with Crippen LogP contribution >= 0.6 is 39.7 Å². The number of benzene rings is 2. The van der Waals surface area contributed by atoms with Gasteiger partial charge in [-0.05, 0) is 54.5 Å². The van der Waals surface area contributed by atoms with E-state index in [1.165, 1.54) is 5.56 Å². The zero-order valence-corrected chi connectivity index (χ0v) is 14.1. The predicted octanol–water partition coefficient (Wildman–Crippen LogP) is 5.47. The number of hydrogen-bond acceptors (Lipinski definition) is 1. The second-order valence-corrected chi connectivity index (χ2v) is 5.99. The minimum Gasteiger partial charge on any atom is -0.332 e. The van der Waals surface area contributed by atoms with Gasteiger partial charge in [-0.25, -0.2) is 0 Å². The van der Waals surface area contributed by atoms with E-state index in [0.29, 0.717) is 10.1 Å². The summed E-state index contributed by atoms with van der Waals surface area (Å²) in [6.07, 6.45) is 0.994. The van der Waals surface area contributed by atoms with Gasteiger partial charge in [0.1, 0.15) is 0 Å². The highest BCUT2D eigenvalue weighted by molar-refractivity contribution is 9.10. The summed E-state index contributed by atoms with van der Waals surface area (Å²) in [7, 11) is 0. The monoisotopic (exact) mass is 368 g/mol. The summed E-state index contributed by atoms with van der Waals surface area (Å²) >= 11 is 14.8. The van der Waals surface area contributed by atoms with Crippen LogP contribution in [0.1, 0.15) is 12.5 Å². The van der Waals surface area contributed by atoms with Crippen LogP contribution in [0.2, 0.25) is 5.02 Å². The van der Waals surface area contributed by atoms with Crippen LogP contribution in [0.15, 0.2) is 46.9 Å². The molecule has 0 heterocycles. The number of hydrogen-bond donors (Lipinski definition) is 2. The summed E-state index contributed by atoms with van der Waals surface area (Å²) in [5.74, 6) is 0. The van der Waals surface area contributed by atoms with E-state index in [2.05, 4.69) is 45.6 Å². The summed E-state index contributed by atoms with van der Waals surface area (Å²) in [6, 6.07) is 13.8. The highest BCUT2D eigenvalue weighted by atomic mass is 79.9. The summed E-state index contributed by atoms with van der Waals surface area (Å²) in [6.45, 7) is 2.12. The molecule has 0 aliphatic heterocycles. The van der Waals surface area contributed by atoms with Gasteiger partial charge in [0.15, 0.2) is 5.11 Å². The van der Waals surface area contributed by atoms with Crippen LogP contribution in [0.25, 0.3) is 0 Å². The molecule has 0 saturated carbocycles. The molecule has 0 atom stereocenters. The molecule has 2 rings (SSSR count). The Morgan fingerprint density at radius 1 is 1.20 bits per heavy atom. The number of halogens is 2. The maximum atomic E-state index is 6.14. The molecule has 2 aromatic rings. The molecular weight excluding hydrogens is 356 g/mol. The lowest BCUT2D eigenvalue weighted by atomic mass is 10.1. The minimum absolute atomic E-state index is 0.516. The van der Waals surface area contributed by atoms with E-state index in [-0.39, 0.29) is 0 Å². The normalized spacial score (nSPS) is 10.2. The fourth-order valence-corrected chi connectivity index (χ4v) is 2.69. The Balaban J connectivity index is 2.05. The molecule has 0 spiro atoms. The Hall–Kier alpha value is -1.10. The van der Waals surface area contributed by atoms with Gasteiger partial charge in [-0.3, -0.25) is 0 Å². The van der Waals surface area contributed by atoms with Gasteiger partial charge in [0.2, 0.25) is 0 Å². The molecule has 2 aromatic carbocycles. The second-order valence-electron chi connectivity index (χ2n) is 4.26. The molecule has 0 aliphatic carbocycles. The SMILES string of the molecule is CCc1cccc(NC(=S)Nc2ccc(Br)cc2Cl)c1. The molecule has 0 radical (unpaired) electrons. The van der Waals surface area contributed by atoms with E-state index in [0.717, 1.165) is 22.3 Å². The van der Waals surface area contributed by atoms with E-state index in [1.54, 1.807) is 0 Å². The van der Waals surface area contributed by atoms with Crippen LogP contribution in [0.3, 0.4) is 0 Å². The van der Waals surface area contributed by atoms with E-state index < -0.39 is 0 Å². The van der Waals surface area contributed by atoms with Crippen LogP contribution in [-0.4, -0.2) is 5.11 Å². The van der Waals surface area contributed by atoms with Crippen molar-refractivity contribution < 1.29 is 0 Å². The fourth-order valence-electron chi connectivity index (χ4n) is 1.74. The van der Waals surface area contributed by atoms with E-state index in [9.17, 15) is 0 Å². The molecule has 5 heteroatoms. The number of nitrogens with one attached hydrogen (secondary N) is 2. The van der Waals surface area contributed by atoms with Gasteiger partial charge in [0.25, 0.3) is 0 Å². The third kappa shape index (κ3) is 4.20. The van der Waals surface area contributed by atoms with Gasteiger partial charge in [-0.2, -0.15) is 0 Å². The fraction of sp³-hybridized carbons (Fsp3) is 0.133. The van der Waals surface area contributed by atoms with Crippen molar-refractivity contribution in [2.24, 2.45) is 0 Å². The molecule has 0 fully saturated rings. The topological polar surface area (TPSA) is 24.1 Å². The van der Waals surface area contributed by atoms with Crippen LogP contribution in [0.5, 0.6) is 0 Å². The van der Waals surface area contributed by atoms with Gasteiger partial charge >= 0.3 is 0 Å². The number of aryl methyl sites for hydroxylation is 1. The Morgan fingerprint density at radius 3 is 2.70 bits per heavy atom. The third-order valence-corrected chi connectivity index (χ3v) is 3.78. The Labute approximate surface area is 137 Å². The smallest absolute Gasteiger partial charge is 0.175 e. The first-order valence-corrected chi connectivity index (χ1v) is 7.78. The van der Waals surface area contributed by atoms with E-state index in [1.807, 2.05) is 30.3 Å². The molecule has 0 unspecified atom stereocenters. The summed E-state index contributed by atoms with van der Waals surface area (Å²) in [5, 5.41) is 7.38. The largest absolute Gasteiger partial charge is 0.332 e. The van der Waals surface area contributed by atoms with Gasteiger partial charge in [0, 0.05) is 10.2 Å². The first-order valence-electron chi connectivity index (χ1n) is 6.20. The number of anilines is 2. The van der Waals surface area contributed by atoms with Crippen molar-refractivity contribution in [2.45, 2.75) is 13.3 Å². The van der Waals surface area contributed by atoms with Crippen molar-refractivity contribution in [3.63, 3.8) is 0 Å². The van der Waals surface area contributed by atoms with Crippen molar-refractivity contribution in [1.82, 2.24) is 0 Å². The summed E-state index contributed by atoms with van der Waals surface area (Å²) in [4.78, 5) is 0. The first kappa shape index (κ1) is 15.3. The van der Waals surface area contributed by atoms with Gasteiger partial charge in [-0.1, -0.05) is 46.6 Å². The first-order chi connectivity index (χ1) is 9.58. The average molecular weight is 370 g/mol. The molecule has 104 valence electrons. The molecule has 0 aliphatic rings. The molecular formula is C15H14BrClN2S. The third-order valence-electron chi connectivity index (χ3n) is 2.77. The van der Waals surface area contributed by atoms with Crippen molar-refractivity contribution in [2.75, 3.05) is 10.6 Å². The molecule has 20 heavy (non-hydrogen) atoms. The highest BCUT2D eigenvalue weighted by Crippen LogP contribution is 2.25. The maximum Gasteiger partial charge on any atom is 0.175 e. The lowest BCUT2D eigenvalue weighted by molar-refractivity contribution is 1.14. The van der Waals surface area contributed by atoms with E-state index in [4.69, 9.17) is 23.8 Å². The second kappa shape index (κ2) is 7.07. The summed E-state index contributed by atoms with van der Waals surface area (Å²) < 4.78 is 0.933. The highest BCUT2D eigenvalue weighted by Gasteiger charge is 2.04. The van der Waals surface area contributed by atoms with Crippen LogP contribution in [0.4, 0.5) is 11.4 Å². The van der Waals surface area contributed by atoms with E-state index >= 15 is 0 Å². The quantitative estimate of drug-likeness (QED) is 0.701. The standard InChI is InChI=1S/C15H14BrClN2S/c1-2-10-4-3-5-12(8-10)18-15(20)19-14-7-6-11(16)9-13(14)17/h3-9H,2H2,1H3,(H2,18,19,20). The maximum absolute atomic E-state index is 6.14. The van der Waals surface area contributed by atoms with Gasteiger partial charge in [0.05, 0.1) is 10.7 Å². The molecule has 2 nitrogen and oxygen atoms in total. The molecule has 0 aromatic heterocycles. The van der Waals surface area contributed by atoms with Crippen LogP contribution < -0.4 is 10.6 Å². The van der Waals surface area contributed by atoms with Crippen LogP contribution in [-0.2, 0) is 6.42 Å². The van der Waals surface area contributed by atoms with Crippen molar-refractivity contribution in [3.05, 3.63) is 57.5 Å². The molecule has 0 amide bonds. The number of rotatable bonds is 3. The Bertz CT molecular complexity index is 631. The Morgan fingerprint density at radius 2 is 2.00 bits per heavy atom.